The van der Waals surface area contributed by atoms with Gasteiger partial charge in [0.15, 0.2) is 5.82 Å². The Bertz CT molecular complexity index is 532. The van der Waals surface area contributed by atoms with E-state index < -0.39 is 5.91 Å². The van der Waals surface area contributed by atoms with Crippen LogP contribution in [-0.2, 0) is 0 Å². The van der Waals surface area contributed by atoms with Crippen molar-refractivity contribution < 1.29 is 4.79 Å². The lowest BCUT2D eigenvalue weighted by Gasteiger charge is -2.09. The van der Waals surface area contributed by atoms with Crippen LogP contribution in [0.5, 0.6) is 0 Å². The molecule has 82 valence electrons. The van der Waals surface area contributed by atoms with E-state index in [4.69, 9.17) is 5.73 Å². The summed E-state index contributed by atoms with van der Waals surface area (Å²) in [6.07, 6.45) is 2.86. The van der Waals surface area contributed by atoms with Crippen LogP contribution in [0.2, 0.25) is 0 Å². The van der Waals surface area contributed by atoms with Crippen LogP contribution in [0.3, 0.4) is 0 Å². The van der Waals surface area contributed by atoms with Gasteiger partial charge in [0.05, 0.1) is 5.56 Å². The second kappa shape index (κ2) is 3.73. The number of carbonyl (C=O) groups excluding carboxylic acids is 1. The minimum atomic E-state index is -0.518. The molecule has 2 aromatic rings. The molecular formula is C10H11N5O. The van der Waals surface area contributed by atoms with Crippen LogP contribution in [0.1, 0.15) is 21.6 Å². The number of aryl methyl sites for hydroxylation is 2. The zero-order valence-corrected chi connectivity index (χ0v) is 9.01. The normalized spacial score (nSPS) is 10.4. The molecule has 2 N–H and O–H groups in total. The SMILES string of the molecule is Cc1cc(C)c(C(N)=O)c(-n2cncn2)n1. The van der Waals surface area contributed by atoms with Crippen LogP contribution in [0.4, 0.5) is 0 Å². The number of aromatic nitrogens is 4. The van der Waals surface area contributed by atoms with Crippen molar-refractivity contribution in [2.75, 3.05) is 0 Å². The Morgan fingerprint density at radius 1 is 1.44 bits per heavy atom. The van der Waals surface area contributed by atoms with Crippen LogP contribution in [0, 0.1) is 13.8 Å². The van der Waals surface area contributed by atoms with Crippen LogP contribution >= 0.6 is 0 Å². The highest BCUT2D eigenvalue weighted by Gasteiger charge is 2.15. The third kappa shape index (κ3) is 1.65. The summed E-state index contributed by atoms with van der Waals surface area (Å²) in [4.78, 5) is 19.4. The van der Waals surface area contributed by atoms with Crippen LogP contribution in [0.25, 0.3) is 5.82 Å². The van der Waals surface area contributed by atoms with E-state index >= 15 is 0 Å². The lowest BCUT2D eigenvalue weighted by Crippen LogP contribution is -2.18. The molecule has 6 heteroatoms. The maximum Gasteiger partial charge on any atom is 0.252 e. The smallest absolute Gasteiger partial charge is 0.252 e. The van der Waals surface area contributed by atoms with E-state index in [0.717, 1.165) is 11.3 Å². The number of nitrogens with zero attached hydrogens (tertiary/aromatic N) is 4. The number of rotatable bonds is 2. The van der Waals surface area contributed by atoms with Gasteiger partial charge < -0.3 is 5.73 Å². The fraction of sp³-hybridized carbons (Fsp3) is 0.200. The molecule has 1 amide bonds. The number of primary amides is 1. The van der Waals surface area contributed by atoms with Crippen molar-refractivity contribution in [3.8, 4) is 5.82 Å². The molecule has 2 rings (SSSR count). The van der Waals surface area contributed by atoms with Gasteiger partial charge in [0, 0.05) is 5.69 Å². The lowest BCUT2D eigenvalue weighted by atomic mass is 10.1. The summed E-state index contributed by atoms with van der Waals surface area (Å²) in [5, 5.41) is 3.95. The van der Waals surface area contributed by atoms with Gasteiger partial charge in [-0.25, -0.2) is 14.6 Å². The summed E-state index contributed by atoms with van der Waals surface area (Å²) < 4.78 is 1.43. The molecule has 2 heterocycles. The third-order valence-corrected chi connectivity index (χ3v) is 2.21. The van der Waals surface area contributed by atoms with Gasteiger partial charge in [-0.3, -0.25) is 4.79 Å². The van der Waals surface area contributed by atoms with Crippen LogP contribution in [-0.4, -0.2) is 25.7 Å². The van der Waals surface area contributed by atoms with Gasteiger partial charge in [-0.2, -0.15) is 5.10 Å². The van der Waals surface area contributed by atoms with Gasteiger partial charge in [-0.1, -0.05) is 0 Å². The Morgan fingerprint density at radius 3 is 2.75 bits per heavy atom. The van der Waals surface area contributed by atoms with Gasteiger partial charge >= 0.3 is 0 Å². The highest BCUT2D eigenvalue weighted by molar-refractivity contribution is 5.97. The van der Waals surface area contributed by atoms with E-state index in [2.05, 4.69) is 15.1 Å². The number of nitrogens with two attached hydrogens (primary N) is 1. The summed E-state index contributed by atoms with van der Waals surface area (Å²) in [6.45, 7) is 3.66. The van der Waals surface area contributed by atoms with Gasteiger partial charge in [-0.15, -0.1) is 0 Å². The summed E-state index contributed by atoms with van der Waals surface area (Å²) in [5.74, 6) is -0.0991. The summed E-state index contributed by atoms with van der Waals surface area (Å²) in [7, 11) is 0. The van der Waals surface area contributed by atoms with Crippen LogP contribution < -0.4 is 5.73 Å². The first-order chi connectivity index (χ1) is 7.59. The van der Waals surface area contributed by atoms with Crippen molar-refractivity contribution >= 4 is 5.91 Å². The molecule has 0 aromatic carbocycles. The Balaban J connectivity index is 2.72. The fourth-order valence-electron chi connectivity index (χ4n) is 1.60. The predicted octanol–water partition coefficient (Wildman–Crippen LogP) is 0.378. The third-order valence-electron chi connectivity index (χ3n) is 2.21. The van der Waals surface area contributed by atoms with E-state index in [1.807, 2.05) is 13.8 Å². The zero-order chi connectivity index (χ0) is 11.7. The number of pyridine rings is 1. The maximum absolute atomic E-state index is 11.4. The first-order valence-electron chi connectivity index (χ1n) is 4.72. The molecule has 0 aliphatic heterocycles. The number of hydrogen-bond acceptors (Lipinski definition) is 4. The predicted molar refractivity (Wildman–Crippen MR) is 57.1 cm³/mol. The van der Waals surface area contributed by atoms with Gasteiger partial charge in [-0.05, 0) is 25.5 Å². The zero-order valence-electron chi connectivity index (χ0n) is 9.01. The largest absolute Gasteiger partial charge is 0.365 e. The molecule has 2 aromatic heterocycles. The van der Waals surface area contributed by atoms with E-state index in [-0.39, 0.29) is 0 Å². The van der Waals surface area contributed by atoms with Crippen molar-refractivity contribution in [1.29, 1.82) is 0 Å². The molecule has 0 spiro atoms. The number of carbonyl (C=O) groups is 1. The second-order valence-corrected chi connectivity index (χ2v) is 3.48. The van der Waals surface area contributed by atoms with Gasteiger partial charge in [0.25, 0.3) is 5.91 Å². The number of hydrogen-bond donors (Lipinski definition) is 1. The van der Waals surface area contributed by atoms with Gasteiger partial charge in [0.2, 0.25) is 0 Å². The number of amides is 1. The van der Waals surface area contributed by atoms with Gasteiger partial charge in [0.1, 0.15) is 12.7 Å². The van der Waals surface area contributed by atoms with E-state index in [0.29, 0.717) is 11.4 Å². The molecule has 0 radical (unpaired) electrons. The second-order valence-electron chi connectivity index (χ2n) is 3.48. The van der Waals surface area contributed by atoms with Crippen molar-refractivity contribution in [1.82, 2.24) is 19.7 Å². The molecule has 0 aliphatic rings. The Kier molecular flexibility index (Phi) is 2.40. The summed E-state index contributed by atoms with van der Waals surface area (Å²) in [6, 6.07) is 1.81. The molecule has 0 fully saturated rings. The van der Waals surface area contributed by atoms with Crippen molar-refractivity contribution in [3.05, 3.63) is 35.5 Å². The highest BCUT2D eigenvalue weighted by atomic mass is 16.1. The molecular weight excluding hydrogens is 206 g/mol. The quantitative estimate of drug-likeness (QED) is 0.787. The minimum Gasteiger partial charge on any atom is -0.365 e. The molecule has 6 nitrogen and oxygen atoms in total. The van der Waals surface area contributed by atoms with Crippen molar-refractivity contribution in [3.63, 3.8) is 0 Å². The average Bonchev–Trinajstić information content (AvgIpc) is 2.67. The first-order valence-corrected chi connectivity index (χ1v) is 4.72. The molecule has 0 atom stereocenters. The summed E-state index contributed by atoms with van der Waals surface area (Å²) in [5.41, 5.74) is 7.28. The lowest BCUT2D eigenvalue weighted by molar-refractivity contribution is 0.0999. The first kappa shape index (κ1) is 10.3. The Morgan fingerprint density at radius 2 is 2.19 bits per heavy atom. The van der Waals surface area contributed by atoms with Crippen LogP contribution in [0.15, 0.2) is 18.7 Å². The maximum atomic E-state index is 11.4. The fourth-order valence-corrected chi connectivity index (χ4v) is 1.60. The van der Waals surface area contributed by atoms with Crippen molar-refractivity contribution in [2.45, 2.75) is 13.8 Å². The molecule has 0 bridgehead atoms. The van der Waals surface area contributed by atoms with E-state index in [9.17, 15) is 4.79 Å². The Labute approximate surface area is 92.1 Å². The highest BCUT2D eigenvalue weighted by Crippen LogP contribution is 2.16. The molecule has 16 heavy (non-hydrogen) atoms. The van der Waals surface area contributed by atoms with E-state index in [1.54, 1.807) is 6.07 Å². The standard InChI is InChI=1S/C10H11N5O/c1-6-3-7(2)14-10(8(6)9(11)16)15-5-12-4-13-15/h3-5H,1-2H3,(H2,11,16). The Hall–Kier alpha value is -2.24. The summed E-state index contributed by atoms with van der Waals surface area (Å²) >= 11 is 0. The topological polar surface area (TPSA) is 86.7 Å². The minimum absolute atomic E-state index is 0.371. The molecule has 0 saturated carbocycles. The average molecular weight is 217 g/mol. The van der Waals surface area contributed by atoms with Crippen molar-refractivity contribution in [2.24, 2.45) is 5.73 Å². The van der Waals surface area contributed by atoms with E-state index in [1.165, 1.54) is 17.3 Å². The molecule has 0 unspecified atom stereocenters. The molecule has 0 saturated heterocycles. The monoisotopic (exact) mass is 217 g/mol. The molecule has 0 aliphatic carbocycles.